The zero-order valence-electron chi connectivity index (χ0n) is 19.9. The molecule has 0 spiro atoms. The van der Waals surface area contributed by atoms with Gasteiger partial charge in [0.25, 0.3) is 5.91 Å². The Hall–Kier alpha value is -2.92. The number of aromatic nitrogens is 1. The predicted octanol–water partition coefficient (Wildman–Crippen LogP) is 3.71. The van der Waals surface area contributed by atoms with Gasteiger partial charge in [-0.05, 0) is 39.2 Å². The Morgan fingerprint density at radius 2 is 2.09 bits per heavy atom. The number of allylic oxidation sites excluding steroid dienone is 1. The molecule has 1 amide bonds. The number of nitriles is 1. The van der Waals surface area contributed by atoms with E-state index < -0.39 is 0 Å². The fourth-order valence-electron chi connectivity index (χ4n) is 4.20. The minimum absolute atomic E-state index is 0.0321. The second kappa shape index (κ2) is 9.29. The number of hydrogen-bond acceptors (Lipinski definition) is 7. The number of aryl methyl sites for hydroxylation is 1. The number of carbonyl (C=O) groups excluding carboxylic acids is 1. The summed E-state index contributed by atoms with van der Waals surface area (Å²) in [7, 11) is 0. The first-order valence-electron chi connectivity index (χ1n) is 11.1. The molecule has 1 aromatic heterocycles. The molecule has 2 aliphatic heterocycles. The van der Waals surface area contributed by atoms with Crippen molar-refractivity contribution in [2.45, 2.75) is 59.6 Å². The minimum Gasteiger partial charge on any atom is -0.372 e. The van der Waals surface area contributed by atoms with E-state index in [0.717, 1.165) is 11.1 Å². The highest BCUT2D eigenvalue weighted by atomic mass is 16.5. The lowest BCUT2D eigenvalue weighted by Gasteiger charge is -2.40. The van der Waals surface area contributed by atoms with Gasteiger partial charge >= 0.3 is 0 Å². The number of nitrogens with zero attached hydrogens (tertiary/aromatic N) is 4. The van der Waals surface area contributed by atoms with Crippen LogP contribution in [0.2, 0.25) is 0 Å². The third-order valence-corrected chi connectivity index (χ3v) is 6.13. The van der Waals surface area contributed by atoms with E-state index in [1.54, 1.807) is 6.92 Å². The summed E-state index contributed by atoms with van der Waals surface area (Å²) in [6, 6.07) is 2.34. The first-order valence-corrected chi connectivity index (χ1v) is 11.1. The molecule has 1 aromatic rings. The van der Waals surface area contributed by atoms with E-state index >= 15 is 0 Å². The number of ether oxygens (including phenoxy) is 1. The van der Waals surface area contributed by atoms with Gasteiger partial charge in [0.1, 0.15) is 17.4 Å². The van der Waals surface area contributed by atoms with Gasteiger partial charge in [0.05, 0.1) is 24.0 Å². The second-order valence-electron chi connectivity index (χ2n) is 9.54. The van der Waals surface area contributed by atoms with Crippen molar-refractivity contribution < 1.29 is 14.1 Å². The van der Waals surface area contributed by atoms with Crippen LogP contribution in [-0.2, 0) is 4.74 Å². The van der Waals surface area contributed by atoms with Crippen molar-refractivity contribution in [3.8, 4) is 6.07 Å². The number of piperazine rings is 1. The summed E-state index contributed by atoms with van der Waals surface area (Å²) >= 11 is 0. The van der Waals surface area contributed by atoms with Gasteiger partial charge in [-0.25, -0.2) is 0 Å². The predicted molar refractivity (Wildman–Crippen MR) is 121 cm³/mol. The summed E-state index contributed by atoms with van der Waals surface area (Å²) in [5, 5.41) is 22.3. The number of carbonyl (C=O) groups is 1. The van der Waals surface area contributed by atoms with Crippen molar-refractivity contribution in [2.75, 3.05) is 26.2 Å². The second-order valence-corrected chi connectivity index (χ2v) is 9.54. The molecule has 172 valence electrons. The van der Waals surface area contributed by atoms with Crippen LogP contribution in [0.25, 0.3) is 0 Å². The first-order chi connectivity index (χ1) is 15.0. The summed E-state index contributed by atoms with van der Waals surface area (Å²) in [6.07, 6.45) is 3.94. The molecular formula is C24H33N5O3. The van der Waals surface area contributed by atoms with Crippen LogP contribution in [0.4, 0.5) is 0 Å². The van der Waals surface area contributed by atoms with Crippen LogP contribution in [0, 0.1) is 29.6 Å². The van der Waals surface area contributed by atoms with Gasteiger partial charge < -0.3 is 24.5 Å². The largest absolute Gasteiger partial charge is 0.372 e. The molecule has 3 rings (SSSR count). The van der Waals surface area contributed by atoms with Gasteiger partial charge in [-0.1, -0.05) is 19.0 Å². The highest BCUT2D eigenvalue weighted by molar-refractivity contribution is 6.01. The van der Waals surface area contributed by atoms with Crippen LogP contribution in [0.3, 0.4) is 0 Å². The maximum atomic E-state index is 12.9. The summed E-state index contributed by atoms with van der Waals surface area (Å²) in [6.45, 7) is 13.9. The number of hydrogen-bond donors (Lipinski definition) is 1. The van der Waals surface area contributed by atoms with Crippen molar-refractivity contribution in [1.29, 1.82) is 10.7 Å². The quantitative estimate of drug-likeness (QED) is 0.554. The molecule has 0 bridgehead atoms. The lowest BCUT2D eigenvalue weighted by Crippen LogP contribution is -2.52. The third kappa shape index (κ3) is 4.94. The van der Waals surface area contributed by atoms with Crippen molar-refractivity contribution >= 4 is 11.6 Å². The van der Waals surface area contributed by atoms with E-state index in [1.807, 2.05) is 45.7 Å². The lowest BCUT2D eigenvalue weighted by atomic mass is 9.84. The Kier molecular flexibility index (Phi) is 6.89. The highest BCUT2D eigenvalue weighted by Gasteiger charge is 2.33. The van der Waals surface area contributed by atoms with Crippen molar-refractivity contribution in [1.82, 2.24) is 15.0 Å². The van der Waals surface area contributed by atoms with Crippen molar-refractivity contribution in [2.24, 2.45) is 5.92 Å². The third-order valence-electron chi connectivity index (χ3n) is 6.13. The molecule has 2 aliphatic rings. The molecule has 1 N–H and O–H groups in total. The van der Waals surface area contributed by atoms with Crippen LogP contribution in [-0.4, -0.2) is 64.5 Å². The molecule has 0 radical (unpaired) electrons. The van der Waals surface area contributed by atoms with E-state index in [-0.39, 0.29) is 23.5 Å². The summed E-state index contributed by atoms with van der Waals surface area (Å²) < 4.78 is 11.0. The normalized spacial score (nSPS) is 21.7. The summed E-state index contributed by atoms with van der Waals surface area (Å²) in [5.74, 6) is 0.493. The van der Waals surface area contributed by atoms with Crippen LogP contribution >= 0.6 is 0 Å². The molecule has 1 saturated heterocycles. The molecule has 1 fully saturated rings. The molecular weight excluding hydrogens is 406 g/mol. The zero-order valence-corrected chi connectivity index (χ0v) is 19.9. The fourth-order valence-corrected chi connectivity index (χ4v) is 4.20. The summed E-state index contributed by atoms with van der Waals surface area (Å²) in [5.41, 5.74) is 2.91. The average molecular weight is 440 g/mol. The van der Waals surface area contributed by atoms with E-state index in [1.165, 1.54) is 6.20 Å². The van der Waals surface area contributed by atoms with Crippen LogP contribution in [0.5, 0.6) is 0 Å². The van der Waals surface area contributed by atoms with Gasteiger partial charge in [-0.15, -0.1) is 0 Å². The minimum atomic E-state index is -0.388. The van der Waals surface area contributed by atoms with E-state index in [2.05, 4.69) is 16.1 Å². The summed E-state index contributed by atoms with van der Waals surface area (Å²) in [4.78, 5) is 16.8. The standard InChI is InChI=1S/C24H33N5O3/c1-15(2)22(26)21-14-31-24(5,6)9-19(21)18(10-25)13-28-7-8-29(16(3)12-28)23(30)20-11-27-32-17(20)4/h11,13,15-16,26H,7-9,12,14H2,1-6H3/b18-13+,26-22?/t16-/m1/s1. The molecule has 0 saturated carbocycles. The number of amides is 1. The SMILES string of the molecule is Cc1oncc1C(=O)N1CCN(/C=C(\C#N)C2=C(C(=N)C(C)C)COC(C)(C)C2)C[C@H]1C. The maximum Gasteiger partial charge on any atom is 0.259 e. The molecule has 0 unspecified atom stereocenters. The van der Waals surface area contributed by atoms with E-state index in [4.69, 9.17) is 14.7 Å². The Morgan fingerprint density at radius 3 is 2.66 bits per heavy atom. The topological polar surface area (TPSA) is 106 Å². The van der Waals surface area contributed by atoms with Crippen molar-refractivity contribution in [3.63, 3.8) is 0 Å². The molecule has 8 heteroatoms. The van der Waals surface area contributed by atoms with Gasteiger partial charge in [0.2, 0.25) is 0 Å². The van der Waals surface area contributed by atoms with E-state index in [0.29, 0.717) is 55.3 Å². The van der Waals surface area contributed by atoms with Gasteiger partial charge in [0.15, 0.2) is 0 Å². The fraction of sp³-hybridized carbons (Fsp3) is 0.583. The Morgan fingerprint density at radius 1 is 1.38 bits per heavy atom. The van der Waals surface area contributed by atoms with Crippen LogP contribution in [0.15, 0.2) is 33.6 Å². The lowest BCUT2D eigenvalue weighted by molar-refractivity contribution is -0.0115. The molecule has 0 aromatic carbocycles. The molecule has 32 heavy (non-hydrogen) atoms. The molecule has 3 heterocycles. The van der Waals surface area contributed by atoms with Crippen LogP contribution < -0.4 is 0 Å². The van der Waals surface area contributed by atoms with Gasteiger partial charge in [-0.2, -0.15) is 5.26 Å². The Bertz CT molecular complexity index is 996. The van der Waals surface area contributed by atoms with Crippen molar-refractivity contribution in [3.05, 3.63) is 40.4 Å². The first kappa shape index (κ1) is 23.7. The highest BCUT2D eigenvalue weighted by Crippen LogP contribution is 2.34. The Labute approximate surface area is 190 Å². The molecule has 1 atom stereocenters. The smallest absolute Gasteiger partial charge is 0.259 e. The number of rotatable bonds is 5. The zero-order chi connectivity index (χ0) is 23.6. The van der Waals surface area contributed by atoms with Crippen LogP contribution in [0.1, 0.15) is 57.2 Å². The molecule has 8 nitrogen and oxygen atoms in total. The van der Waals surface area contributed by atoms with E-state index in [9.17, 15) is 10.1 Å². The average Bonchev–Trinajstić information content (AvgIpc) is 3.16. The number of nitrogens with one attached hydrogen (secondary N) is 1. The van der Waals surface area contributed by atoms with Gasteiger partial charge in [-0.3, -0.25) is 4.79 Å². The maximum absolute atomic E-state index is 12.9. The molecule has 0 aliphatic carbocycles. The monoisotopic (exact) mass is 439 g/mol. The Balaban J connectivity index is 1.83. The van der Waals surface area contributed by atoms with Gasteiger partial charge in [0, 0.05) is 49.6 Å².